The van der Waals surface area contributed by atoms with Gasteiger partial charge in [-0.15, -0.1) is 10.2 Å². The summed E-state index contributed by atoms with van der Waals surface area (Å²) >= 11 is 0. The number of hydrogen-bond donors (Lipinski definition) is 1. The number of carbonyl (C=O) groups excluding carboxylic acids is 1. The van der Waals surface area contributed by atoms with Gasteiger partial charge in [0.05, 0.1) is 13.3 Å². The van der Waals surface area contributed by atoms with Crippen LogP contribution in [0.3, 0.4) is 0 Å². The van der Waals surface area contributed by atoms with Gasteiger partial charge in [-0.1, -0.05) is 0 Å². The van der Waals surface area contributed by atoms with Crippen LogP contribution in [-0.2, 0) is 6.18 Å². The summed E-state index contributed by atoms with van der Waals surface area (Å²) in [6, 6.07) is 3.04. The van der Waals surface area contributed by atoms with Crippen molar-refractivity contribution < 1.29 is 22.7 Å². The van der Waals surface area contributed by atoms with E-state index >= 15 is 0 Å². The molecule has 3 rings (SSSR count). The summed E-state index contributed by atoms with van der Waals surface area (Å²) < 4.78 is 43.0. The average Bonchev–Trinajstić information content (AvgIpc) is 3.12. The zero-order valence-corrected chi connectivity index (χ0v) is 13.4. The molecular weight excluding hydrogens is 339 g/mol. The third kappa shape index (κ3) is 3.72. The maximum Gasteiger partial charge on any atom is 0.432 e. The fourth-order valence-electron chi connectivity index (χ4n) is 2.78. The van der Waals surface area contributed by atoms with E-state index in [0.717, 1.165) is 6.20 Å². The second kappa shape index (κ2) is 6.69. The molecule has 1 amide bonds. The third-order valence-corrected chi connectivity index (χ3v) is 4.06. The number of aromatic amines is 1. The Hall–Kier alpha value is -2.65. The van der Waals surface area contributed by atoms with Crippen LogP contribution in [0.5, 0.6) is 5.88 Å². The molecule has 2 aromatic heterocycles. The van der Waals surface area contributed by atoms with Crippen LogP contribution >= 0.6 is 0 Å². The lowest BCUT2D eigenvalue weighted by atomic mass is 9.97. The average molecular weight is 355 g/mol. The lowest BCUT2D eigenvalue weighted by Crippen LogP contribution is -2.39. The van der Waals surface area contributed by atoms with Crippen molar-refractivity contribution in [3.05, 3.63) is 35.5 Å². The van der Waals surface area contributed by atoms with Crippen LogP contribution in [0.4, 0.5) is 13.2 Å². The number of carbonyl (C=O) groups is 1. The number of halogens is 3. The summed E-state index contributed by atoms with van der Waals surface area (Å²) in [5, 5.41) is 7.58. The molecule has 0 aliphatic carbocycles. The zero-order chi connectivity index (χ0) is 18.0. The Morgan fingerprint density at radius 1 is 1.36 bits per heavy atom. The number of amides is 1. The Balaban J connectivity index is 1.72. The Morgan fingerprint density at radius 2 is 2.16 bits per heavy atom. The first-order chi connectivity index (χ1) is 11.9. The van der Waals surface area contributed by atoms with Crippen LogP contribution in [0, 0.1) is 0 Å². The van der Waals surface area contributed by atoms with E-state index in [1.54, 1.807) is 4.90 Å². The lowest BCUT2D eigenvalue weighted by Gasteiger charge is -2.31. The highest BCUT2D eigenvalue weighted by Gasteiger charge is 2.35. The first kappa shape index (κ1) is 17.2. The number of alkyl halides is 3. The molecule has 1 fully saturated rings. The molecule has 2 aromatic rings. The summed E-state index contributed by atoms with van der Waals surface area (Å²) in [7, 11) is 1.44. The fraction of sp³-hybridized carbons (Fsp3) is 0.467. The normalized spacial score (nSPS) is 18.2. The molecule has 0 radical (unpaired) electrons. The molecule has 0 bridgehead atoms. The van der Waals surface area contributed by atoms with Gasteiger partial charge in [-0.2, -0.15) is 13.2 Å². The van der Waals surface area contributed by atoms with Crippen LogP contribution in [0.15, 0.2) is 18.3 Å². The number of imidazole rings is 1. The molecule has 0 aromatic carbocycles. The minimum Gasteiger partial charge on any atom is -0.480 e. The fourth-order valence-corrected chi connectivity index (χ4v) is 2.78. The van der Waals surface area contributed by atoms with E-state index in [9.17, 15) is 18.0 Å². The largest absolute Gasteiger partial charge is 0.480 e. The molecule has 1 aliphatic heterocycles. The Labute approximate surface area is 141 Å². The number of aromatic nitrogens is 4. The Kier molecular flexibility index (Phi) is 4.60. The van der Waals surface area contributed by atoms with E-state index in [1.807, 2.05) is 0 Å². The van der Waals surface area contributed by atoms with Crippen molar-refractivity contribution >= 4 is 5.91 Å². The predicted octanol–water partition coefficient (Wildman–Crippen LogP) is 2.25. The molecular formula is C15H16F3N5O2. The van der Waals surface area contributed by atoms with Crippen LogP contribution in [-0.4, -0.2) is 51.2 Å². The van der Waals surface area contributed by atoms with E-state index < -0.39 is 11.9 Å². The van der Waals surface area contributed by atoms with Crippen LogP contribution in [0.1, 0.15) is 40.8 Å². The molecule has 7 nitrogen and oxygen atoms in total. The number of nitrogens with one attached hydrogen (secondary N) is 1. The van der Waals surface area contributed by atoms with Gasteiger partial charge in [0.2, 0.25) is 5.88 Å². The maximum absolute atomic E-state index is 12.7. The van der Waals surface area contributed by atoms with Crippen LogP contribution < -0.4 is 4.74 Å². The van der Waals surface area contributed by atoms with Gasteiger partial charge < -0.3 is 14.6 Å². The molecule has 25 heavy (non-hydrogen) atoms. The van der Waals surface area contributed by atoms with Crippen molar-refractivity contribution in [1.82, 2.24) is 25.1 Å². The number of methoxy groups -OCH3 is 1. The highest BCUT2D eigenvalue weighted by atomic mass is 19.4. The monoisotopic (exact) mass is 355 g/mol. The van der Waals surface area contributed by atoms with Gasteiger partial charge in [-0.05, 0) is 18.9 Å². The van der Waals surface area contributed by atoms with E-state index in [1.165, 1.54) is 19.2 Å². The summed E-state index contributed by atoms with van der Waals surface area (Å²) in [5.74, 6) is -0.0589. The molecule has 1 saturated heterocycles. The lowest BCUT2D eigenvalue weighted by molar-refractivity contribution is -0.141. The number of hydrogen-bond acceptors (Lipinski definition) is 5. The number of likely N-dealkylation sites (tertiary alicyclic amines) is 1. The van der Waals surface area contributed by atoms with Gasteiger partial charge in [0.25, 0.3) is 5.91 Å². The first-order valence-electron chi connectivity index (χ1n) is 7.67. The van der Waals surface area contributed by atoms with Crippen molar-refractivity contribution in [3.63, 3.8) is 0 Å². The molecule has 3 heterocycles. The molecule has 134 valence electrons. The minimum atomic E-state index is -4.46. The van der Waals surface area contributed by atoms with E-state index in [4.69, 9.17) is 4.74 Å². The summed E-state index contributed by atoms with van der Waals surface area (Å²) in [6.45, 7) is 0.785. The van der Waals surface area contributed by atoms with E-state index in [-0.39, 0.29) is 29.9 Å². The molecule has 0 unspecified atom stereocenters. The van der Waals surface area contributed by atoms with Gasteiger partial charge in [0.15, 0.2) is 5.69 Å². The third-order valence-electron chi connectivity index (χ3n) is 4.06. The minimum absolute atomic E-state index is 0.164. The number of ether oxygens (including phenoxy) is 1. The molecule has 1 N–H and O–H groups in total. The predicted molar refractivity (Wildman–Crippen MR) is 80.1 cm³/mol. The van der Waals surface area contributed by atoms with E-state index in [0.29, 0.717) is 25.3 Å². The van der Waals surface area contributed by atoms with Gasteiger partial charge in [-0.25, -0.2) is 4.98 Å². The van der Waals surface area contributed by atoms with Crippen LogP contribution in [0.25, 0.3) is 0 Å². The van der Waals surface area contributed by atoms with Gasteiger partial charge in [-0.3, -0.25) is 4.79 Å². The first-order valence-corrected chi connectivity index (χ1v) is 7.67. The highest BCUT2D eigenvalue weighted by Crippen LogP contribution is 2.31. The number of rotatable bonds is 3. The van der Waals surface area contributed by atoms with Crippen molar-refractivity contribution in [2.24, 2.45) is 0 Å². The number of piperidine rings is 1. The van der Waals surface area contributed by atoms with Gasteiger partial charge >= 0.3 is 6.18 Å². The SMILES string of the molecule is COc1ccc(C(=O)N2CCC[C@@H](c3ncc(C(F)(F)F)[nH]3)C2)nn1. The molecule has 1 atom stereocenters. The topological polar surface area (TPSA) is 84.0 Å². The second-order valence-electron chi connectivity index (χ2n) is 5.73. The molecule has 10 heteroatoms. The number of H-pyrrole nitrogens is 1. The quantitative estimate of drug-likeness (QED) is 0.913. The molecule has 0 spiro atoms. The van der Waals surface area contributed by atoms with Gasteiger partial charge in [0.1, 0.15) is 11.5 Å². The zero-order valence-electron chi connectivity index (χ0n) is 13.4. The van der Waals surface area contributed by atoms with Crippen molar-refractivity contribution in [2.75, 3.05) is 20.2 Å². The summed E-state index contributed by atoms with van der Waals surface area (Å²) in [4.78, 5) is 20.2. The van der Waals surface area contributed by atoms with Crippen LogP contribution in [0.2, 0.25) is 0 Å². The second-order valence-corrected chi connectivity index (χ2v) is 5.73. The standard InChI is InChI=1S/C15H16F3N5O2/c1-25-12-5-4-10(21-22-12)14(24)23-6-2-3-9(8-23)13-19-7-11(20-13)15(16,17)18/h4-5,7,9H,2-3,6,8H2,1H3,(H,19,20)/t9-/m1/s1. The summed E-state index contributed by atoms with van der Waals surface area (Å²) in [6.07, 6.45) is -2.36. The highest BCUT2D eigenvalue weighted by molar-refractivity contribution is 5.92. The van der Waals surface area contributed by atoms with E-state index in [2.05, 4.69) is 20.2 Å². The van der Waals surface area contributed by atoms with Gasteiger partial charge in [0, 0.05) is 25.1 Å². The number of nitrogens with zero attached hydrogens (tertiary/aromatic N) is 4. The maximum atomic E-state index is 12.7. The van der Waals surface area contributed by atoms with Crippen molar-refractivity contribution in [1.29, 1.82) is 0 Å². The molecule has 0 saturated carbocycles. The van der Waals surface area contributed by atoms with Crippen molar-refractivity contribution in [3.8, 4) is 5.88 Å². The van der Waals surface area contributed by atoms with Crippen molar-refractivity contribution in [2.45, 2.75) is 24.9 Å². The molecule has 1 aliphatic rings. The summed E-state index contributed by atoms with van der Waals surface area (Å²) in [5.41, 5.74) is -0.719. The Bertz CT molecular complexity index is 744. The smallest absolute Gasteiger partial charge is 0.432 e. The Morgan fingerprint density at radius 3 is 2.76 bits per heavy atom.